The monoisotopic (exact) mass is 252 g/mol. The molecule has 2 N–H and O–H groups in total. The predicted octanol–water partition coefficient (Wildman–Crippen LogP) is 1.17. The van der Waals surface area contributed by atoms with E-state index in [1.807, 2.05) is 13.8 Å². The van der Waals surface area contributed by atoms with E-state index in [4.69, 9.17) is 0 Å². The van der Waals surface area contributed by atoms with Gasteiger partial charge in [0.1, 0.15) is 0 Å². The molecule has 1 rings (SSSR count). The molecule has 18 heavy (non-hydrogen) atoms. The number of nitrogens with one attached hydrogen (secondary N) is 2. The van der Waals surface area contributed by atoms with Gasteiger partial charge in [-0.05, 0) is 21.9 Å². The van der Waals surface area contributed by atoms with Crippen LogP contribution >= 0.6 is 0 Å². The number of nitro groups is 1. The summed E-state index contributed by atoms with van der Waals surface area (Å²) < 4.78 is 0. The van der Waals surface area contributed by atoms with Crippen molar-refractivity contribution in [3.05, 3.63) is 28.4 Å². The van der Waals surface area contributed by atoms with E-state index >= 15 is 0 Å². The summed E-state index contributed by atoms with van der Waals surface area (Å²) in [5, 5.41) is 16.0. The molecule has 0 aliphatic rings. The molecule has 0 fully saturated rings. The lowest BCUT2D eigenvalue weighted by atomic mass is 10.2. The molecule has 0 bridgehead atoms. The maximum atomic E-state index is 11.4. The zero-order valence-electron chi connectivity index (χ0n) is 10.3. The van der Waals surface area contributed by atoms with E-state index in [-0.39, 0.29) is 18.3 Å². The topological polar surface area (TPSA) is 97.2 Å². The van der Waals surface area contributed by atoms with Crippen molar-refractivity contribution in [1.82, 2.24) is 10.3 Å². The molecule has 0 aliphatic heterocycles. The Bertz CT molecular complexity index is 417. The molecule has 0 unspecified atom stereocenters. The second-order valence-corrected chi connectivity index (χ2v) is 4.21. The Morgan fingerprint density at radius 3 is 2.72 bits per heavy atom. The number of amides is 1. The number of nitrogens with zero attached hydrogens (tertiary/aromatic N) is 2. The first-order valence-electron chi connectivity index (χ1n) is 5.60. The zero-order chi connectivity index (χ0) is 13.5. The standard InChI is InChI=1S/C11H16N4O3/c1-8(2)5-14-11(16)7-12-9-3-4-10(13-6-9)15(17)18/h3-4,6,8,12H,5,7H2,1-2H3,(H,14,16). The molecule has 0 aliphatic carbocycles. The molecule has 98 valence electrons. The minimum absolute atomic E-state index is 0.117. The molecule has 1 aromatic rings. The lowest BCUT2D eigenvalue weighted by Crippen LogP contribution is -2.32. The summed E-state index contributed by atoms with van der Waals surface area (Å²) in [4.78, 5) is 24.8. The summed E-state index contributed by atoms with van der Waals surface area (Å²) in [6, 6.07) is 2.80. The van der Waals surface area contributed by atoms with Gasteiger partial charge in [-0.1, -0.05) is 13.8 Å². The van der Waals surface area contributed by atoms with E-state index in [1.54, 1.807) is 0 Å². The van der Waals surface area contributed by atoms with Crippen molar-refractivity contribution in [3.63, 3.8) is 0 Å². The quantitative estimate of drug-likeness (QED) is 0.585. The van der Waals surface area contributed by atoms with Gasteiger partial charge in [0, 0.05) is 12.6 Å². The first kappa shape index (κ1) is 13.9. The van der Waals surface area contributed by atoms with Gasteiger partial charge in [0.25, 0.3) is 0 Å². The number of anilines is 1. The van der Waals surface area contributed by atoms with Crippen molar-refractivity contribution in [2.24, 2.45) is 5.92 Å². The van der Waals surface area contributed by atoms with Crippen molar-refractivity contribution in [2.75, 3.05) is 18.4 Å². The van der Waals surface area contributed by atoms with Crippen LogP contribution in [0.25, 0.3) is 0 Å². The Balaban J connectivity index is 2.39. The van der Waals surface area contributed by atoms with Crippen LogP contribution in [0.4, 0.5) is 11.5 Å². The van der Waals surface area contributed by atoms with Crippen LogP contribution < -0.4 is 10.6 Å². The maximum absolute atomic E-state index is 11.4. The summed E-state index contributed by atoms with van der Waals surface area (Å²) >= 11 is 0. The number of rotatable bonds is 6. The fraction of sp³-hybridized carbons (Fsp3) is 0.455. The van der Waals surface area contributed by atoms with E-state index < -0.39 is 4.92 Å². The molecule has 0 atom stereocenters. The Morgan fingerprint density at radius 1 is 1.50 bits per heavy atom. The Morgan fingerprint density at radius 2 is 2.22 bits per heavy atom. The minimum Gasteiger partial charge on any atom is -0.373 e. The van der Waals surface area contributed by atoms with E-state index in [9.17, 15) is 14.9 Å². The molecule has 7 nitrogen and oxygen atoms in total. The third kappa shape index (κ3) is 4.77. The highest BCUT2D eigenvalue weighted by Gasteiger charge is 2.07. The zero-order valence-corrected chi connectivity index (χ0v) is 10.3. The van der Waals surface area contributed by atoms with E-state index in [0.717, 1.165) is 0 Å². The third-order valence-corrected chi connectivity index (χ3v) is 2.10. The fourth-order valence-corrected chi connectivity index (χ4v) is 1.16. The fourth-order valence-electron chi connectivity index (χ4n) is 1.16. The highest BCUT2D eigenvalue weighted by Crippen LogP contribution is 2.10. The SMILES string of the molecule is CC(C)CNC(=O)CNc1ccc([N+](=O)[O-])nc1. The van der Waals surface area contributed by atoms with Crippen LogP contribution in [0.3, 0.4) is 0 Å². The summed E-state index contributed by atoms with van der Waals surface area (Å²) in [7, 11) is 0. The van der Waals surface area contributed by atoms with Gasteiger partial charge in [0.2, 0.25) is 5.91 Å². The number of carbonyl (C=O) groups is 1. The predicted molar refractivity (Wildman–Crippen MR) is 67.2 cm³/mol. The molecule has 0 radical (unpaired) electrons. The Labute approximate surface area is 105 Å². The molecule has 7 heteroatoms. The second kappa shape index (κ2) is 6.53. The molecule has 0 aromatic carbocycles. The van der Waals surface area contributed by atoms with Crippen LogP contribution in [-0.4, -0.2) is 28.9 Å². The summed E-state index contributed by atoms with van der Waals surface area (Å²) in [5.41, 5.74) is 0.570. The summed E-state index contributed by atoms with van der Waals surface area (Å²) in [6.07, 6.45) is 1.33. The van der Waals surface area contributed by atoms with Gasteiger partial charge in [-0.2, -0.15) is 0 Å². The highest BCUT2D eigenvalue weighted by atomic mass is 16.6. The largest absolute Gasteiger partial charge is 0.373 e. The molecule has 1 amide bonds. The van der Waals surface area contributed by atoms with Gasteiger partial charge in [0.05, 0.1) is 12.2 Å². The van der Waals surface area contributed by atoms with Gasteiger partial charge in [0.15, 0.2) is 6.20 Å². The van der Waals surface area contributed by atoms with Gasteiger partial charge < -0.3 is 20.7 Å². The molecule has 1 heterocycles. The van der Waals surface area contributed by atoms with Crippen molar-refractivity contribution >= 4 is 17.4 Å². The van der Waals surface area contributed by atoms with Crippen LogP contribution in [0.15, 0.2) is 18.3 Å². The van der Waals surface area contributed by atoms with Crippen LogP contribution in [-0.2, 0) is 4.79 Å². The van der Waals surface area contributed by atoms with Gasteiger partial charge >= 0.3 is 5.82 Å². The average molecular weight is 252 g/mol. The molecular formula is C11H16N4O3. The highest BCUT2D eigenvalue weighted by molar-refractivity contribution is 5.80. The van der Waals surface area contributed by atoms with E-state index in [2.05, 4.69) is 15.6 Å². The van der Waals surface area contributed by atoms with Crippen molar-refractivity contribution < 1.29 is 9.72 Å². The number of carbonyl (C=O) groups excluding carboxylic acids is 1. The van der Waals surface area contributed by atoms with Crippen molar-refractivity contribution in [1.29, 1.82) is 0 Å². The molecular weight excluding hydrogens is 236 g/mol. The number of pyridine rings is 1. The van der Waals surface area contributed by atoms with Gasteiger partial charge in [-0.25, -0.2) is 0 Å². The van der Waals surface area contributed by atoms with Gasteiger partial charge in [-0.3, -0.25) is 4.79 Å². The third-order valence-electron chi connectivity index (χ3n) is 2.10. The Hall–Kier alpha value is -2.18. The van der Waals surface area contributed by atoms with Crippen LogP contribution in [0.1, 0.15) is 13.8 Å². The normalized spacial score (nSPS) is 10.2. The first-order valence-corrected chi connectivity index (χ1v) is 5.60. The van der Waals surface area contributed by atoms with Gasteiger partial charge in [-0.15, -0.1) is 0 Å². The second-order valence-electron chi connectivity index (χ2n) is 4.21. The molecule has 1 aromatic heterocycles. The maximum Gasteiger partial charge on any atom is 0.363 e. The van der Waals surface area contributed by atoms with Crippen molar-refractivity contribution in [2.45, 2.75) is 13.8 Å². The number of aromatic nitrogens is 1. The van der Waals surface area contributed by atoms with Crippen LogP contribution in [0, 0.1) is 16.0 Å². The van der Waals surface area contributed by atoms with Crippen molar-refractivity contribution in [3.8, 4) is 0 Å². The summed E-state index contributed by atoms with van der Waals surface area (Å²) in [6.45, 7) is 4.76. The number of hydrogen-bond acceptors (Lipinski definition) is 5. The minimum atomic E-state index is -0.570. The lowest BCUT2D eigenvalue weighted by Gasteiger charge is -2.08. The van der Waals surface area contributed by atoms with Crippen LogP contribution in [0.5, 0.6) is 0 Å². The van der Waals surface area contributed by atoms with Crippen LogP contribution in [0.2, 0.25) is 0 Å². The molecule has 0 spiro atoms. The van der Waals surface area contributed by atoms with E-state index in [1.165, 1.54) is 18.3 Å². The number of hydrogen-bond donors (Lipinski definition) is 2. The Kier molecular flexibility index (Phi) is 5.04. The smallest absolute Gasteiger partial charge is 0.363 e. The first-order chi connectivity index (χ1) is 8.49. The average Bonchev–Trinajstić information content (AvgIpc) is 2.34. The molecule has 0 saturated carbocycles. The molecule has 0 saturated heterocycles. The lowest BCUT2D eigenvalue weighted by molar-refractivity contribution is -0.389. The van der Waals surface area contributed by atoms with E-state index in [0.29, 0.717) is 18.2 Å². The summed E-state index contributed by atoms with van der Waals surface area (Å²) in [5.74, 6) is 0.0573.